The fraction of sp³-hybridized carbons (Fsp3) is 0.286. The number of carbonyl (C=O) groups is 2. The van der Waals surface area contributed by atoms with Gasteiger partial charge in [-0.1, -0.05) is 12.1 Å². The Morgan fingerprint density at radius 3 is 2.79 bits per heavy atom. The maximum absolute atomic E-state index is 12.3. The normalized spacial score (nSPS) is 14.1. The Kier molecular flexibility index (Phi) is 5.90. The second-order valence-corrected chi connectivity index (χ2v) is 7.72. The van der Waals surface area contributed by atoms with Crippen molar-refractivity contribution in [1.82, 2.24) is 20.3 Å². The van der Waals surface area contributed by atoms with E-state index in [1.54, 1.807) is 18.6 Å². The van der Waals surface area contributed by atoms with Crippen molar-refractivity contribution in [1.29, 1.82) is 0 Å². The van der Waals surface area contributed by atoms with Crippen LogP contribution in [-0.2, 0) is 22.6 Å². The lowest BCUT2D eigenvalue weighted by molar-refractivity contribution is -0.121. The van der Waals surface area contributed by atoms with Gasteiger partial charge < -0.3 is 10.2 Å². The van der Waals surface area contributed by atoms with Gasteiger partial charge in [-0.25, -0.2) is 4.98 Å². The van der Waals surface area contributed by atoms with Gasteiger partial charge in [0.2, 0.25) is 11.8 Å². The molecule has 0 spiro atoms. The van der Waals surface area contributed by atoms with Crippen LogP contribution in [0.25, 0.3) is 10.7 Å². The average molecular weight is 407 g/mol. The van der Waals surface area contributed by atoms with Crippen molar-refractivity contribution in [3.63, 3.8) is 0 Å². The van der Waals surface area contributed by atoms with Gasteiger partial charge in [-0.15, -0.1) is 11.3 Å². The molecule has 0 aliphatic carbocycles. The topological polar surface area (TPSA) is 88.1 Å². The van der Waals surface area contributed by atoms with Crippen LogP contribution in [0.5, 0.6) is 0 Å². The van der Waals surface area contributed by atoms with Crippen molar-refractivity contribution in [2.75, 3.05) is 11.4 Å². The Balaban J connectivity index is 1.30. The third kappa shape index (κ3) is 4.83. The van der Waals surface area contributed by atoms with Crippen LogP contribution in [-0.4, -0.2) is 33.3 Å². The highest BCUT2D eigenvalue weighted by molar-refractivity contribution is 7.13. The number of carbonyl (C=O) groups excluding carboxylic acids is 2. The molecule has 8 heteroatoms. The second kappa shape index (κ2) is 8.91. The molecule has 1 aliphatic rings. The van der Waals surface area contributed by atoms with Gasteiger partial charge in [-0.3, -0.25) is 19.6 Å². The van der Waals surface area contributed by atoms with Crippen molar-refractivity contribution >= 4 is 28.8 Å². The summed E-state index contributed by atoms with van der Waals surface area (Å²) in [6, 6.07) is 7.79. The lowest BCUT2D eigenvalue weighted by Crippen LogP contribution is -2.35. The highest BCUT2D eigenvalue weighted by Crippen LogP contribution is 2.22. The highest BCUT2D eigenvalue weighted by atomic mass is 32.1. The standard InChI is InChI=1S/C21H21N5O2S/c27-19(11-16-14-29-21(25-16)18-13-22-8-9-23-18)24-12-15-4-6-17(7-5-15)26-10-2-1-3-20(26)28/h4-9,13-14H,1-3,10-12H2,(H,24,27). The lowest BCUT2D eigenvalue weighted by atomic mass is 10.1. The van der Waals surface area contributed by atoms with Crippen molar-refractivity contribution in [3.05, 3.63) is 59.5 Å². The number of amides is 2. The molecular weight excluding hydrogens is 386 g/mol. The SMILES string of the molecule is O=C(Cc1csc(-c2cnccn2)n1)NCc1ccc(N2CCCCC2=O)cc1. The van der Waals surface area contributed by atoms with Crippen LogP contribution in [0.4, 0.5) is 5.69 Å². The zero-order valence-corrected chi connectivity index (χ0v) is 16.7. The first-order chi connectivity index (χ1) is 14.2. The minimum atomic E-state index is -0.0868. The molecule has 7 nitrogen and oxygen atoms in total. The summed E-state index contributed by atoms with van der Waals surface area (Å²) in [6.45, 7) is 1.22. The fourth-order valence-corrected chi connectivity index (χ4v) is 4.00. The molecule has 2 amide bonds. The molecule has 1 aliphatic heterocycles. The van der Waals surface area contributed by atoms with E-state index in [1.807, 2.05) is 34.5 Å². The van der Waals surface area contributed by atoms with Crippen LogP contribution in [0.3, 0.4) is 0 Å². The predicted molar refractivity (Wildman–Crippen MR) is 111 cm³/mol. The van der Waals surface area contributed by atoms with Gasteiger partial charge in [0.15, 0.2) is 0 Å². The number of aromatic nitrogens is 3. The first kappa shape index (κ1) is 19.2. The number of rotatable bonds is 6. The molecule has 1 saturated heterocycles. The summed E-state index contributed by atoms with van der Waals surface area (Å²) in [6.07, 6.45) is 7.74. The van der Waals surface area contributed by atoms with Crippen LogP contribution in [0.2, 0.25) is 0 Å². The minimum absolute atomic E-state index is 0.0868. The van der Waals surface area contributed by atoms with E-state index < -0.39 is 0 Å². The van der Waals surface area contributed by atoms with E-state index in [2.05, 4.69) is 20.3 Å². The van der Waals surface area contributed by atoms with E-state index >= 15 is 0 Å². The van der Waals surface area contributed by atoms with Gasteiger partial charge in [0.25, 0.3) is 0 Å². The van der Waals surface area contributed by atoms with E-state index in [-0.39, 0.29) is 18.2 Å². The molecule has 1 aromatic carbocycles. The van der Waals surface area contributed by atoms with Crippen molar-refractivity contribution in [2.45, 2.75) is 32.2 Å². The average Bonchev–Trinajstić information content (AvgIpc) is 3.22. The van der Waals surface area contributed by atoms with Gasteiger partial charge >= 0.3 is 0 Å². The highest BCUT2D eigenvalue weighted by Gasteiger charge is 2.19. The van der Waals surface area contributed by atoms with Gasteiger partial charge in [0.05, 0.1) is 18.3 Å². The maximum Gasteiger partial charge on any atom is 0.226 e. The molecule has 29 heavy (non-hydrogen) atoms. The lowest BCUT2D eigenvalue weighted by Gasteiger charge is -2.26. The van der Waals surface area contributed by atoms with Crippen LogP contribution in [0, 0.1) is 0 Å². The Morgan fingerprint density at radius 2 is 2.03 bits per heavy atom. The molecule has 0 bridgehead atoms. The van der Waals surface area contributed by atoms with Gasteiger partial charge in [0.1, 0.15) is 10.7 Å². The van der Waals surface area contributed by atoms with Gasteiger partial charge in [-0.2, -0.15) is 0 Å². The van der Waals surface area contributed by atoms with Crippen LogP contribution in [0.15, 0.2) is 48.2 Å². The number of hydrogen-bond acceptors (Lipinski definition) is 6. The van der Waals surface area contributed by atoms with Crippen LogP contribution in [0.1, 0.15) is 30.5 Å². The number of benzene rings is 1. The largest absolute Gasteiger partial charge is 0.352 e. The van der Waals surface area contributed by atoms with E-state index in [4.69, 9.17) is 0 Å². The van der Waals surface area contributed by atoms with Gasteiger partial charge in [-0.05, 0) is 30.5 Å². The van der Waals surface area contributed by atoms with Crippen molar-refractivity contribution < 1.29 is 9.59 Å². The molecule has 3 aromatic rings. The summed E-state index contributed by atoms with van der Waals surface area (Å²) in [4.78, 5) is 38.8. The maximum atomic E-state index is 12.3. The molecule has 0 radical (unpaired) electrons. The van der Waals surface area contributed by atoms with E-state index in [0.29, 0.717) is 24.4 Å². The molecule has 0 atom stereocenters. The summed E-state index contributed by atoms with van der Waals surface area (Å²) in [5, 5.41) is 5.54. The summed E-state index contributed by atoms with van der Waals surface area (Å²) >= 11 is 1.45. The Labute approximate surface area is 172 Å². The monoisotopic (exact) mass is 407 g/mol. The minimum Gasteiger partial charge on any atom is -0.352 e. The quantitative estimate of drug-likeness (QED) is 0.679. The molecule has 3 heterocycles. The molecule has 0 saturated carbocycles. The molecule has 4 rings (SSSR count). The summed E-state index contributed by atoms with van der Waals surface area (Å²) in [7, 11) is 0. The van der Waals surface area contributed by atoms with Gasteiger partial charge in [0, 0.05) is 43.0 Å². The number of nitrogens with one attached hydrogen (secondary N) is 1. The third-order valence-corrected chi connectivity index (χ3v) is 5.65. The van der Waals surface area contributed by atoms with Crippen molar-refractivity contribution in [3.8, 4) is 10.7 Å². The molecule has 0 unspecified atom stereocenters. The van der Waals surface area contributed by atoms with Crippen molar-refractivity contribution in [2.24, 2.45) is 0 Å². The Hall–Kier alpha value is -3.13. The Morgan fingerprint density at radius 1 is 1.17 bits per heavy atom. The molecular formula is C21H21N5O2S. The molecule has 1 fully saturated rings. The van der Waals surface area contributed by atoms with Crippen LogP contribution < -0.4 is 10.2 Å². The summed E-state index contributed by atoms with van der Waals surface area (Å²) < 4.78 is 0. The fourth-order valence-electron chi connectivity index (χ4n) is 3.22. The smallest absolute Gasteiger partial charge is 0.226 e. The molecule has 148 valence electrons. The number of hydrogen-bond donors (Lipinski definition) is 1. The second-order valence-electron chi connectivity index (χ2n) is 6.86. The number of piperidine rings is 1. The van der Waals surface area contributed by atoms with E-state index in [0.717, 1.165) is 35.6 Å². The Bertz CT molecular complexity index is 988. The molecule has 2 aromatic heterocycles. The van der Waals surface area contributed by atoms with E-state index in [1.165, 1.54) is 11.3 Å². The van der Waals surface area contributed by atoms with Crippen LogP contribution >= 0.6 is 11.3 Å². The zero-order valence-electron chi connectivity index (χ0n) is 15.9. The predicted octanol–water partition coefficient (Wildman–Crippen LogP) is 2.98. The first-order valence-corrected chi connectivity index (χ1v) is 10.4. The third-order valence-electron chi connectivity index (χ3n) is 4.74. The summed E-state index contributed by atoms with van der Waals surface area (Å²) in [5.41, 5.74) is 3.33. The molecule has 1 N–H and O–H groups in total. The zero-order chi connectivity index (χ0) is 20.1. The van der Waals surface area contributed by atoms with E-state index in [9.17, 15) is 9.59 Å². The number of thiazole rings is 1. The summed E-state index contributed by atoms with van der Waals surface area (Å²) in [5.74, 6) is 0.0951. The number of nitrogens with zero attached hydrogens (tertiary/aromatic N) is 4. The first-order valence-electron chi connectivity index (χ1n) is 9.56. The number of anilines is 1.